The van der Waals surface area contributed by atoms with Crippen molar-refractivity contribution in [1.29, 1.82) is 0 Å². The Labute approximate surface area is 94.5 Å². The zero-order chi connectivity index (χ0) is 12.3. The summed E-state index contributed by atoms with van der Waals surface area (Å²) in [5.74, 6) is -0.303. The van der Waals surface area contributed by atoms with Crippen molar-refractivity contribution in [2.24, 2.45) is 0 Å². The van der Waals surface area contributed by atoms with Gasteiger partial charge in [-0.2, -0.15) is 0 Å². The van der Waals surface area contributed by atoms with Crippen LogP contribution in [-0.2, 0) is 4.79 Å². The van der Waals surface area contributed by atoms with E-state index in [1.807, 2.05) is 0 Å². The maximum absolute atomic E-state index is 10.6. The third kappa shape index (κ3) is 2.66. The molecule has 1 rings (SSSR count). The Morgan fingerprint density at radius 3 is 2.62 bits per heavy atom. The van der Waals surface area contributed by atoms with E-state index in [-0.39, 0.29) is 18.1 Å². The number of hydrogen-bond acceptors (Lipinski definition) is 3. The van der Waals surface area contributed by atoms with Gasteiger partial charge in [0.25, 0.3) is 0 Å². The predicted octanol–water partition coefficient (Wildman–Crippen LogP) is 2.29. The number of methoxy groups -OCH3 is 1. The minimum Gasteiger partial charge on any atom is -0.508 e. The van der Waals surface area contributed by atoms with Crippen molar-refractivity contribution in [2.45, 2.75) is 26.2 Å². The van der Waals surface area contributed by atoms with Crippen molar-refractivity contribution in [2.75, 3.05) is 7.11 Å². The van der Waals surface area contributed by atoms with Gasteiger partial charge in [-0.1, -0.05) is 6.92 Å². The van der Waals surface area contributed by atoms with Gasteiger partial charge in [-0.05, 0) is 30.5 Å². The number of phenolic OH excluding ortho intramolecular Hbond substituents is 1. The Kier molecular flexibility index (Phi) is 3.77. The summed E-state index contributed by atoms with van der Waals surface area (Å²) in [6, 6.07) is 3.36. The number of ether oxygens (including phenoxy) is 1. The normalized spacial score (nSPS) is 12.2. The van der Waals surface area contributed by atoms with Crippen LogP contribution in [0.3, 0.4) is 0 Å². The summed E-state index contributed by atoms with van der Waals surface area (Å²) in [6.07, 6.45) is 0.0334. The zero-order valence-electron chi connectivity index (χ0n) is 9.65. The van der Waals surface area contributed by atoms with Crippen LogP contribution in [0.25, 0.3) is 0 Å². The first-order chi connectivity index (χ1) is 7.45. The maximum Gasteiger partial charge on any atom is 0.303 e. The van der Waals surface area contributed by atoms with E-state index in [4.69, 9.17) is 9.84 Å². The highest BCUT2D eigenvalue weighted by molar-refractivity contribution is 5.68. The monoisotopic (exact) mass is 224 g/mol. The molecule has 0 aromatic heterocycles. The van der Waals surface area contributed by atoms with Gasteiger partial charge < -0.3 is 14.9 Å². The number of hydrogen-bond donors (Lipinski definition) is 2. The lowest BCUT2D eigenvalue weighted by molar-refractivity contribution is -0.137. The molecule has 0 aliphatic carbocycles. The van der Waals surface area contributed by atoms with Crippen LogP contribution in [0.4, 0.5) is 0 Å². The molecule has 0 aliphatic heterocycles. The molecular formula is C12H16O4. The molecule has 0 saturated carbocycles. The summed E-state index contributed by atoms with van der Waals surface area (Å²) in [6.45, 7) is 3.55. The molecule has 1 unspecified atom stereocenters. The van der Waals surface area contributed by atoms with Gasteiger partial charge in [-0.15, -0.1) is 0 Å². The average molecular weight is 224 g/mol. The molecule has 0 radical (unpaired) electrons. The summed E-state index contributed by atoms with van der Waals surface area (Å²) >= 11 is 0. The van der Waals surface area contributed by atoms with Crippen LogP contribution >= 0.6 is 0 Å². The van der Waals surface area contributed by atoms with Crippen molar-refractivity contribution in [3.8, 4) is 11.5 Å². The highest BCUT2D eigenvalue weighted by Crippen LogP contribution is 2.32. The summed E-state index contributed by atoms with van der Waals surface area (Å²) in [7, 11) is 1.52. The lowest BCUT2D eigenvalue weighted by atomic mass is 9.96. The SMILES string of the molecule is COc1cc(C(C)CC(=O)O)cc(O)c1C. The van der Waals surface area contributed by atoms with Crippen LogP contribution in [0.15, 0.2) is 12.1 Å². The molecule has 1 atom stereocenters. The van der Waals surface area contributed by atoms with E-state index < -0.39 is 5.97 Å². The molecule has 0 saturated heterocycles. The maximum atomic E-state index is 10.6. The van der Waals surface area contributed by atoms with Gasteiger partial charge in [0.15, 0.2) is 0 Å². The lowest BCUT2D eigenvalue weighted by Crippen LogP contribution is -2.03. The molecule has 0 heterocycles. The summed E-state index contributed by atoms with van der Waals surface area (Å²) < 4.78 is 5.11. The first-order valence-corrected chi connectivity index (χ1v) is 5.05. The zero-order valence-corrected chi connectivity index (χ0v) is 9.65. The third-order valence-corrected chi connectivity index (χ3v) is 2.62. The quantitative estimate of drug-likeness (QED) is 0.823. The van der Waals surface area contributed by atoms with E-state index in [0.717, 1.165) is 5.56 Å². The Bertz CT molecular complexity index is 398. The fourth-order valence-electron chi connectivity index (χ4n) is 1.57. The van der Waals surface area contributed by atoms with Crippen LogP contribution in [0.1, 0.15) is 30.4 Å². The van der Waals surface area contributed by atoms with E-state index >= 15 is 0 Å². The van der Waals surface area contributed by atoms with Crippen molar-refractivity contribution in [3.05, 3.63) is 23.3 Å². The van der Waals surface area contributed by atoms with Gasteiger partial charge in [0.1, 0.15) is 11.5 Å². The fourth-order valence-corrected chi connectivity index (χ4v) is 1.57. The number of carboxylic acid groups (broad SMARTS) is 1. The van der Waals surface area contributed by atoms with E-state index in [1.54, 1.807) is 26.0 Å². The number of carbonyl (C=O) groups is 1. The smallest absolute Gasteiger partial charge is 0.303 e. The number of rotatable bonds is 4. The first kappa shape index (κ1) is 12.4. The number of aromatic hydroxyl groups is 1. The second-order valence-electron chi connectivity index (χ2n) is 3.87. The van der Waals surface area contributed by atoms with Gasteiger partial charge in [-0.3, -0.25) is 4.79 Å². The molecule has 16 heavy (non-hydrogen) atoms. The van der Waals surface area contributed by atoms with Gasteiger partial charge >= 0.3 is 5.97 Å². The second kappa shape index (κ2) is 4.88. The molecule has 0 amide bonds. The number of benzene rings is 1. The van der Waals surface area contributed by atoms with Gasteiger partial charge in [0, 0.05) is 5.56 Å². The second-order valence-corrected chi connectivity index (χ2v) is 3.87. The molecule has 0 spiro atoms. The highest BCUT2D eigenvalue weighted by atomic mass is 16.5. The summed E-state index contributed by atoms with van der Waals surface area (Å²) in [4.78, 5) is 10.6. The van der Waals surface area contributed by atoms with Gasteiger partial charge in [0.2, 0.25) is 0 Å². The topological polar surface area (TPSA) is 66.8 Å². The van der Waals surface area contributed by atoms with Crippen LogP contribution < -0.4 is 4.74 Å². The average Bonchev–Trinajstić information content (AvgIpc) is 2.20. The molecule has 0 fully saturated rings. The number of carboxylic acids is 1. The molecule has 1 aromatic carbocycles. The van der Waals surface area contributed by atoms with E-state index in [0.29, 0.717) is 11.3 Å². The molecule has 0 aliphatic rings. The van der Waals surface area contributed by atoms with Gasteiger partial charge in [-0.25, -0.2) is 0 Å². The Morgan fingerprint density at radius 2 is 2.12 bits per heavy atom. The molecule has 1 aromatic rings. The molecule has 4 nitrogen and oxygen atoms in total. The summed E-state index contributed by atoms with van der Waals surface area (Å²) in [5.41, 5.74) is 1.43. The first-order valence-electron chi connectivity index (χ1n) is 5.05. The number of phenols is 1. The van der Waals surface area contributed by atoms with Crippen LogP contribution in [0.5, 0.6) is 11.5 Å². The van der Waals surface area contributed by atoms with E-state index in [1.165, 1.54) is 7.11 Å². The largest absolute Gasteiger partial charge is 0.508 e. The number of aliphatic carboxylic acids is 1. The van der Waals surface area contributed by atoms with Crippen molar-refractivity contribution in [1.82, 2.24) is 0 Å². The Morgan fingerprint density at radius 1 is 1.50 bits per heavy atom. The fraction of sp³-hybridized carbons (Fsp3) is 0.417. The van der Waals surface area contributed by atoms with Crippen molar-refractivity contribution < 1.29 is 19.7 Å². The lowest BCUT2D eigenvalue weighted by Gasteiger charge is -2.13. The molecule has 88 valence electrons. The minimum absolute atomic E-state index is 0.0334. The molecule has 2 N–H and O–H groups in total. The minimum atomic E-state index is -0.855. The van der Waals surface area contributed by atoms with Gasteiger partial charge in [0.05, 0.1) is 13.5 Å². The standard InChI is InChI=1S/C12H16O4/c1-7(4-12(14)15)9-5-10(13)8(2)11(6-9)16-3/h5-7,13H,4H2,1-3H3,(H,14,15). The highest BCUT2D eigenvalue weighted by Gasteiger charge is 2.14. The molecular weight excluding hydrogens is 208 g/mol. The molecule has 4 heteroatoms. The Balaban J connectivity index is 3.05. The van der Waals surface area contributed by atoms with Crippen molar-refractivity contribution in [3.63, 3.8) is 0 Å². The van der Waals surface area contributed by atoms with Crippen LogP contribution in [-0.4, -0.2) is 23.3 Å². The van der Waals surface area contributed by atoms with Crippen LogP contribution in [0, 0.1) is 6.92 Å². The van der Waals surface area contributed by atoms with E-state index in [9.17, 15) is 9.90 Å². The Hall–Kier alpha value is -1.71. The van der Waals surface area contributed by atoms with Crippen molar-refractivity contribution >= 4 is 5.97 Å². The van der Waals surface area contributed by atoms with Crippen LogP contribution in [0.2, 0.25) is 0 Å². The predicted molar refractivity (Wildman–Crippen MR) is 60.1 cm³/mol. The third-order valence-electron chi connectivity index (χ3n) is 2.62. The van der Waals surface area contributed by atoms with E-state index in [2.05, 4.69) is 0 Å². The summed E-state index contributed by atoms with van der Waals surface area (Å²) in [5, 5.41) is 18.4. The molecule has 0 bridgehead atoms.